The van der Waals surface area contributed by atoms with Gasteiger partial charge in [-0.1, -0.05) is 42.0 Å². The summed E-state index contributed by atoms with van der Waals surface area (Å²) in [6.07, 6.45) is 0.503. The number of fused-ring (bicyclic) bond motifs is 1. The fourth-order valence-corrected chi connectivity index (χ4v) is 2.22. The van der Waals surface area contributed by atoms with Crippen LogP contribution >= 0.6 is 0 Å². The van der Waals surface area contributed by atoms with Crippen molar-refractivity contribution >= 4 is 11.6 Å². The Hall–Kier alpha value is -2.09. The van der Waals surface area contributed by atoms with Crippen LogP contribution in [0.25, 0.3) is 11.1 Å². The molecule has 0 aromatic heterocycles. The molecule has 0 bridgehead atoms. The summed E-state index contributed by atoms with van der Waals surface area (Å²) in [5, 5.41) is 2.88. The maximum atomic E-state index is 11.3. The zero-order valence-electron chi connectivity index (χ0n) is 9.66. The van der Waals surface area contributed by atoms with Gasteiger partial charge in [0, 0.05) is 5.69 Å². The molecule has 0 atom stereocenters. The molecular weight excluding hydrogens is 210 g/mol. The van der Waals surface area contributed by atoms with E-state index in [4.69, 9.17) is 0 Å². The number of carbonyl (C=O) groups is 1. The van der Waals surface area contributed by atoms with Crippen LogP contribution in [0.15, 0.2) is 42.5 Å². The molecule has 1 amide bonds. The predicted octanol–water partition coefficient (Wildman–Crippen LogP) is 3.16. The van der Waals surface area contributed by atoms with E-state index in [2.05, 4.69) is 48.6 Å². The zero-order valence-corrected chi connectivity index (χ0v) is 9.66. The maximum absolute atomic E-state index is 11.3. The highest BCUT2D eigenvalue weighted by Crippen LogP contribution is 2.29. The number of benzene rings is 2. The summed E-state index contributed by atoms with van der Waals surface area (Å²) in [7, 11) is 0. The first-order chi connectivity index (χ1) is 8.22. The highest BCUT2D eigenvalue weighted by atomic mass is 16.1. The van der Waals surface area contributed by atoms with E-state index in [1.165, 1.54) is 11.1 Å². The van der Waals surface area contributed by atoms with Gasteiger partial charge >= 0.3 is 0 Å². The summed E-state index contributed by atoms with van der Waals surface area (Å²) in [5.74, 6) is 0.0846. The molecule has 0 radical (unpaired) electrons. The number of rotatable bonds is 1. The van der Waals surface area contributed by atoms with Gasteiger partial charge in [0.05, 0.1) is 6.42 Å². The minimum Gasteiger partial charge on any atom is -0.326 e. The van der Waals surface area contributed by atoms with Gasteiger partial charge in [0.2, 0.25) is 5.91 Å². The second-order valence-electron chi connectivity index (χ2n) is 4.47. The third-order valence-corrected chi connectivity index (χ3v) is 3.09. The molecule has 0 aliphatic carbocycles. The van der Waals surface area contributed by atoms with Crippen molar-refractivity contribution in [2.45, 2.75) is 13.3 Å². The van der Waals surface area contributed by atoms with Crippen LogP contribution < -0.4 is 5.32 Å². The zero-order chi connectivity index (χ0) is 11.8. The summed E-state index contributed by atoms with van der Waals surface area (Å²) in [6.45, 7) is 2.08. The molecule has 0 unspecified atom stereocenters. The van der Waals surface area contributed by atoms with E-state index in [0.717, 1.165) is 16.8 Å². The molecule has 2 aromatic carbocycles. The molecule has 84 valence electrons. The standard InChI is InChI=1S/C15H13NO/c1-10-3-2-4-11(7-10)12-5-6-13-9-15(17)16-14(13)8-12/h2-8H,9H2,1H3,(H,16,17). The number of hydrogen-bond donors (Lipinski definition) is 1. The second-order valence-corrected chi connectivity index (χ2v) is 4.47. The van der Waals surface area contributed by atoms with Crippen LogP contribution in [-0.4, -0.2) is 5.91 Å². The first kappa shape index (κ1) is 10.1. The first-order valence-electron chi connectivity index (χ1n) is 5.72. The molecule has 0 saturated carbocycles. The Balaban J connectivity index is 2.06. The molecule has 1 heterocycles. The lowest BCUT2D eigenvalue weighted by Crippen LogP contribution is -2.03. The molecule has 17 heavy (non-hydrogen) atoms. The Bertz CT molecular complexity index is 602. The lowest BCUT2D eigenvalue weighted by Gasteiger charge is -2.05. The van der Waals surface area contributed by atoms with Crippen LogP contribution in [0, 0.1) is 6.92 Å². The van der Waals surface area contributed by atoms with Crippen molar-refractivity contribution in [3.05, 3.63) is 53.6 Å². The monoisotopic (exact) mass is 223 g/mol. The van der Waals surface area contributed by atoms with Gasteiger partial charge in [-0.3, -0.25) is 4.79 Å². The van der Waals surface area contributed by atoms with E-state index in [1.54, 1.807) is 0 Å². The van der Waals surface area contributed by atoms with Crippen LogP contribution in [-0.2, 0) is 11.2 Å². The van der Waals surface area contributed by atoms with Gasteiger partial charge in [0.25, 0.3) is 0 Å². The third-order valence-electron chi connectivity index (χ3n) is 3.09. The number of anilines is 1. The van der Waals surface area contributed by atoms with E-state index in [0.29, 0.717) is 6.42 Å². The summed E-state index contributed by atoms with van der Waals surface area (Å²) in [4.78, 5) is 11.3. The van der Waals surface area contributed by atoms with E-state index in [-0.39, 0.29) is 5.91 Å². The van der Waals surface area contributed by atoms with Gasteiger partial charge in [-0.05, 0) is 29.7 Å². The lowest BCUT2D eigenvalue weighted by atomic mass is 10.0. The summed E-state index contributed by atoms with van der Waals surface area (Å²) in [5.41, 5.74) is 5.62. The van der Waals surface area contributed by atoms with Crippen molar-refractivity contribution in [1.82, 2.24) is 0 Å². The van der Waals surface area contributed by atoms with E-state index >= 15 is 0 Å². The SMILES string of the molecule is Cc1cccc(-c2ccc3c(c2)NC(=O)C3)c1. The average molecular weight is 223 g/mol. The molecule has 1 N–H and O–H groups in total. The van der Waals surface area contributed by atoms with Crippen LogP contribution in [0.2, 0.25) is 0 Å². The Morgan fingerprint density at radius 1 is 1.06 bits per heavy atom. The molecule has 2 nitrogen and oxygen atoms in total. The van der Waals surface area contributed by atoms with Crippen LogP contribution in [0.5, 0.6) is 0 Å². The topological polar surface area (TPSA) is 29.1 Å². The van der Waals surface area contributed by atoms with E-state index in [9.17, 15) is 4.79 Å². The van der Waals surface area contributed by atoms with Crippen molar-refractivity contribution in [2.24, 2.45) is 0 Å². The predicted molar refractivity (Wildman–Crippen MR) is 68.9 cm³/mol. The van der Waals surface area contributed by atoms with Crippen LogP contribution in [0.1, 0.15) is 11.1 Å². The smallest absolute Gasteiger partial charge is 0.228 e. The van der Waals surface area contributed by atoms with Crippen molar-refractivity contribution in [2.75, 3.05) is 5.32 Å². The fraction of sp³-hybridized carbons (Fsp3) is 0.133. The number of hydrogen-bond acceptors (Lipinski definition) is 1. The quantitative estimate of drug-likeness (QED) is 0.790. The van der Waals surface area contributed by atoms with Crippen molar-refractivity contribution in [3.63, 3.8) is 0 Å². The number of aryl methyl sites for hydroxylation is 1. The Kier molecular flexibility index (Phi) is 2.22. The van der Waals surface area contributed by atoms with Gasteiger partial charge in [0.15, 0.2) is 0 Å². The highest BCUT2D eigenvalue weighted by Gasteiger charge is 2.17. The van der Waals surface area contributed by atoms with Gasteiger partial charge in [0.1, 0.15) is 0 Å². The highest BCUT2D eigenvalue weighted by molar-refractivity contribution is 5.99. The van der Waals surface area contributed by atoms with E-state index in [1.807, 2.05) is 6.07 Å². The van der Waals surface area contributed by atoms with Gasteiger partial charge in [-0.2, -0.15) is 0 Å². The number of amides is 1. The molecule has 2 heteroatoms. The summed E-state index contributed by atoms with van der Waals surface area (Å²) < 4.78 is 0. The van der Waals surface area contributed by atoms with Gasteiger partial charge < -0.3 is 5.32 Å². The summed E-state index contributed by atoms with van der Waals surface area (Å²) >= 11 is 0. The van der Waals surface area contributed by atoms with Crippen molar-refractivity contribution in [1.29, 1.82) is 0 Å². The molecule has 0 saturated heterocycles. The molecular formula is C15H13NO. The second kappa shape index (κ2) is 3.74. The Morgan fingerprint density at radius 2 is 1.88 bits per heavy atom. The van der Waals surface area contributed by atoms with Gasteiger partial charge in [-0.25, -0.2) is 0 Å². The first-order valence-corrected chi connectivity index (χ1v) is 5.72. The molecule has 0 spiro atoms. The van der Waals surface area contributed by atoms with Crippen molar-refractivity contribution < 1.29 is 4.79 Å². The van der Waals surface area contributed by atoms with Gasteiger partial charge in [-0.15, -0.1) is 0 Å². The Labute approximate surface area is 100 Å². The minimum atomic E-state index is 0.0846. The fourth-order valence-electron chi connectivity index (χ4n) is 2.22. The maximum Gasteiger partial charge on any atom is 0.228 e. The minimum absolute atomic E-state index is 0.0846. The van der Waals surface area contributed by atoms with Crippen LogP contribution in [0.3, 0.4) is 0 Å². The molecule has 1 aliphatic heterocycles. The average Bonchev–Trinajstić information content (AvgIpc) is 2.68. The van der Waals surface area contributed by atoms with Crippen molar-refractivity contribution in [3.8, 4) is 11.1 Å². The molecule has 3 rings (SSSR count). The van der Waals surface area contributed by atoms with E-state index < -0.39 is 0 Å². The summed E-state index contributed by atoms with van der Waals surface area (Å²) in [6, 6.07) is 14.5. The molecule has 2 aromatic rings. The normalized spacial score (nSPS) is 13.4. The number of carbonyl (C=O) groups excluding carboxylic acids is 1. The molecule has 1 aliphatic rings. The third kappa shape index (κ3) is 1.82. The largest absolute Gasteiger partial charge is 0.326 e. The number of nitrogens with one attached hydrogen (secondary N) is 1. The van der Waals surface area contributed by atoms with Crippen LogP contribution in [0.4, 0.5) is 5.69 Å². The Morgan fingerprint density at radius 3 is 2.71 bits per heavy atom. The molecule has 0 fully saturated rings. The lowest BCUT2D eigenvalue weighted by molar-refractivity contribution is -0.115.